The van der Waals surface area contributed by atoms with E-state index in [9.17, 15) is 9.59 Å². The number of carbonyl (C=O) groups excluding carboxylic acids is 2. The largest absolute Gasteiger partial charge is 0.426 e. The van der Waals surface area contributed by atoms with Crippen molar-refractivity contribution in [3.63, 3.8) is 0 Å². The van der Waals surface area contributed by atoms with Crippen molar-refractivity contribution in [2.75, 3.05) is 0 Å². The fourth-order valence-electron chi connectivity index (χ4n) is 3.53. The Morgan fingerprint density at radius 3 is 2.58 bits per heavy atom. The second kappa shape index (κ2) is 7.88. The molecule has 1 aliphatic carbocycles. The molecule has 6 heteroatoms. The van der Waals surface area contributed by atoms with Crippen molar-refractivity contribution in [1.29, 1.82) is 5.41 Å². The Morgan fingerprint density at radius 1 is 1.33 bits per heavy atom. The van der Waals surface area contributed by atoms with E-state index in [0.717, 1.165) is 30.4 Å². The molecule has 0 bridgehead atoms. The van der Waals surface area contributed by atoms with Crippen LogP contribution in [0.3, 0.4) is 0 Å². The molecule has 2 N–H and O–H groups in total. The summed E-state index contributed by atoms with van der Waals surface area (Å²) in [6, 6.07) is 0. The maximum absolute atomic E-state index is 12.2. The number of amides is 1. The van der Waals surface area contributed by atoms with E-state index in [2.05, 4.69) is 11.9 Å². The van der Waals surface area contributed by atoms with Crippen molar-refractivity contribution in [1.82, 2.24) is 5.32 Å². The molecule has 0 unspecified atom stereocenters. The summed E-state index contributed by atoms with van der Waals surface area (Å²) >= 11 is 0. The molecule has 1 amide bonds. The van der Waals surface area contributed by atoms with Crippen molar-refractivity contribution in [3.8, 4) is 0 Å². The maximum atomic E-state index is 12.2. The van der Waals surface area contributed by atoms with E-state index in [0.29, 0.717) is 29.0 Å². The minimum atomic E-state index is -0.322. The first-order valence-electron chi connectivity index (χ1n) is 8.16. The first kappa shape index (κ1) is 17.9. The first-order chi connectivity index (χ1) is 11.5. The Balaban J connectivity index is 0.000000647. The molecule has 0 saturated heterocycles. The average Bonchev–Trinajstić information content (AvgIpc) is 3.02. The van der Waals surface area contributed by atoms with Gasteiger partial charge in [-0.2, -0.15) is 0 Å². The summed E-state index contributed by atoms with van der Waals surface area (Å²) in [7, 11) is 0. The SMILES string of the molecule is C=C1Cc2oc(=O)c(C)c(CCC3CCCC3)c2C(=O)N1.N=C=O. The predicted octanol–water partition coefficient (Wildman–Crippen LogP) is 2.77. The summed E-state index contributed by atoms with van der Waals surface area (Å²) in [5.41, 5.74) is 2.28. The summed E-state index contributed by atoms with van der Waals surface area (Å²) < 4.78 is 5.31. The molecule has 6 nitrogen and oxygen atoms in total. The number of nitrogens with one attached hydrogen (secondary N) is 2. The third-order valence-electron chi connectivity index (χ3n) is 4.72. The minimum absolute atomic E-state index is 0.186. The number of hydrogen-bond acceptors (Lipinski definition) is 5. The monoisotopic (exact) mass is 330 g/mol. The van der Waals surface area contributed by atoms with E-state index in [1.807, 2.05) is 0 Å². The third-order valence-corrected chi connectivity index (χ3v) is 4.72. The van der Waals surface area contributed by atoms with Crippen LogP contribution in [0.25, 0.3) is 0 Å². The molecule has 24 heavy (non-hydrogen) atoms. The number of isocyanates is 1. The molecule has 0 radical (unpaired) electrons. The average molecular weight is 330 g/mol. The molecule has 1 aromatic rings. The zero-order valence-electron chi connectivity index (χ0n) is 13.9. The van der Waals surface area contributed by atoms with Crippen LogP contribution in [0.1, 0.15) is 59.3 Å². The van der Waals surface area contributed by atoms with E-state index in [4.69, 9.17) is 14.6 Å². The highest BCUT2D eigenvalue weighted by molar-refractivity contribution is 5.99. The topological polar surface area (TPSA) is 100 Å². The molecule has 1 aromatic heterocycles. The lowest BCUT2D eigenvalue weighted by atomic mass is 9.91. The van der Waals surface area contributed by atoms with Gasteiger partial charge in [-0.3, -0.25) is 4.79 Å². The Hall–Kier alpha value is -2.46. The normalized spacial score (nSPS) is 16.7. The molecule has 0 atom stereocenters. The van der Waals surface area contributed by atoms with Crippen molar-refractivity contribution in [3.05, 3.63) is 45.1 Å². The highest BCUT2D eigenvalue weighted by Crippen LogP contribution is 2.30. The molecule has 2 aliphatic rings. The first-order valence-corrected chi connectivity index (χ1v) is 8.16. The van der Waals surface area contributed by atoms with Gasteiger partial charge in [0.1, 0.15) is 5.76 Å². The Labute approximate surface area is 140 Å². The lowest BCUT2D eigenvalue weighted by molar-refractivity contribution is 0.0952. The van der Waals surface area contributed by atoms with Crippen LogP contribution < -0.4 is 10.9 Å². The van der Waals surface area contributed by atoms with E-state index in [-0.39, 0.29) is 11.5 Å². The molecule has 1 saturated carbocycles. The van der Waals surface area contributed by atoms with Crippen molar-refractivity contribution < 1.29 is 14.0 Å². The van der Waals surface area contributed by atoms with Crippen LogP contribution in [-0.2, 0) is 17.6 Å². The Kier molecular flexibility index (Phi) is 5.88. The van der Waals surface area contributed by atoms with E-state index >= 15 is 0 Å². The van der Waals surface area contributed by atoms with Gasteiger partial charge >= 0.3 is 5.63 Å². The molecule has 0 spiro atoms. The molecule has 2 heterocycles. The summed E-state index contributed by atoms with van der Waals surface area (Å²) in [4.78, 5) is 32.6. The molecule has 3 rings (SSSR count). The van der Waals surface area contributed by atoms with E-state index in [1.165, 1.54) is 25.7 Å². The molecule has 1 aliphatic heterocycles. The van der Waals surface area contributed by atoms with Gasteiger partial charge in [0.15, 0.2) is 0 Å². The van der Waals surface area contributed by atoms with Gasteiger partial charge in [0.25, 0.3) is 5.91 Å². The zero-order chi connectivity index (χ0) is 17.7. The second-order valence-electron chi connectivity index (χ2n) is 6.32. The van der Waals surface area contributed by atoms with Crippen LogP contribution in [0.15, 0.2) is 21.5 Å². The fraction of sp³-hybridized carbons (Fsp3) is 0.500. The van der Waals surface area contributed by atoms with Crippen LogP contribution >= 0.6 is 0 Å². The summed E-state index contributed by atoms with van der Waals surface area (Å²) in [5.74, 6) is 1.02. The van der Waals surface area contributed by atoms with Crippen LogP contribution in [0.5, 0.6) is 0 Å². The van der Waals surface area contributed by atoms with Crippen molar-refractivity contribution in [2.45, 2.75) is 51.9 Å². The number of allylic oxidation sites excluding steroid dienone is 1. The highest BCUT2D eigenvalue weighted by Gasteiger charge is 2.28. The number of carbonyl (C=O) groups is 1. The standard InChI is InChI=1S/C17H21NO3.CHNO/c1-10-9-14-15(16(19)18-10)13(11(2)17(20)21-14)8-7-12-5-3-4-6-12;2-1-3/h12H,1,3-9H2,2H3,(H,18,19);2H. The lowest BCUT2D eigenvalue weighted by Gasteiger charge is -2.21. The number of fused-ring (bicyclic) bond motifs is 1. The third kappa shape index (κ3) is 3.89. The smallest absolute Gasteiger partial charge is 0.339 e. The minimum Gasteiger partial charge on any atom is -0.426 e. The van der Waals surface area contributed by atoms with Crippen LogP contribution in [0.2, 0.25) is 0 Å². The second-order valence-corrected chi connectivity index (χ2v) is 6.32. The van der Waals surface area contributed by atoms with Crippen LogP contribution in [0.4, 0.5) is 0 Å². The van der Waals surface area contributed by atoms with Gasteiger partial charge in [0.05, 0.1) is 5.56 Å². The van der Waals surface area contributed by atoms with Crippen molar-refractivity contribution >= 4 is 12.0 Å². The lowest BCUT2D eigenvalue weighted by Crippen LogP contribution is -2.33. The summed E-state index contributed by atoms with van der Waals surface area (Å²) in [6.45, 7) is 5.52. The Bertz CT molecular complexity index is 736. The quantitative estimate of drug-likeness (QED) is 0.657. The van der Waals surface area contributed by atoms with Crippen LogP contribution in [0, 0.1) is 18.3 Å². The van der Waals surface area contributed by atoms with Gasteiger partial charge in [-0.05, 0) is 31.2 Å². The summed E-state index contributed by atoms with van der Waals surface area (Å²) in [5, 5.41) is 8.16. The molecular formula is C18H22N2O4. The molecule has 1 fully saturated rings. The number of rotatable bonds is 3. The molecule has 0 aromatic carbocycles. The van der Waals surface area contributed by atoms with Crippen molar-refractivity contribution in [2.24, 2.45) is 5.92 Å². The van der Waals surface area contributed by atoms with Gasteiger partial charge in [-0.15, -0.1) is 0 Å². The van der Waals surface area contributed by atoms with Gasteiger partial charge < -0.3 is 9.73 Å². The van der Waals surface area contributed by atoms with E-state index < -0.39 is 0 Å². The molecular weight excluding hydrogens is 308 g/mol. The van der Waals surface area contributed by atoms with Gasteiger partial charge in [-0.1, -0.05) is 32.3 Å². The zero-order valence-corrected chi connectivity index (χ0v) is 13.9. The van der Waals surface area contributed by atoms with Gasteiger partial charge in [-0.25, -0.2) is 15.0 Å². The number of hydrogen-bond donors (Lipinski definition) is 2. The maximum Gasteiger partial charge on any atom is 0.339 e. The van der Waals surface area contributed by atoms with Crippen LogP contribution in [-0.4, -0.2) is 12.0 Å². The van der Waals surface area contributed by atoms with Gasteiger partial charge in [0, 0.05) is 17.7 Å². The Morgan fingerprint density at radius 2 is 1.96 bits per heavy atom. The van der Waals surface area contributed by atoms with Gasteiger partial charge in [0.2, 0.25) is 6.08 Å². The molecule has 128 valence electrons. The van der Waals surface area contributed by atoms with E-state index in [1.54, 1.807) is 6.92 Å². The fourth-order valence-corrected chi connectivity index (χ4v) is 3.53. The predicted molar refractivity (Wildman–Crippen MR) is 88.7 cm³/mol. The summed E-state index contributed by atoms with van der Waals surface area (Å²) in [6.07, 6.45) is 8.14. The highest BCUT2D eigenvalue weighted by atomic mass is 16.4.